The van der Waals surface area contributed by atoms with Gasteiger partial charge >= 0.3 is 0 Å². The smallest absolute Gasteiger partial charge is 0.0753 e. The summed E-state index contributed by atoms with van der Waals surface area (Å²) in [6, 6.07) is 0. The number of nitrogens with two attached hydrogens (primary N) is 2. The van der Waals surface area contributed by atoms with Gasteiger partial charge in [-0.25, -0.2) is 0 Å². The van der Waals surface area contributed by atoms with E-state index in [-0.39, 0.29) is 31.4 Å². The second-order valence-electron chi connectivity index (χ2n) is 2.24. The molecule has 0 aliphatic rings. The van der Waals surface area contributed by atoms with E-state index in [0.717, 1.165) is 0 Å². The summed E-state index contributed by atoms with van der Waals surface area (Å²) >= 11 is 0. The van der Waals surface area contributed by atoms with Crippen LogP contribution in [0.4, 0.5) is 0 Å². The maximum absolute atomic E-state index is 9.12. The molecule has 0 aromatic heterocycles. The first-order chi connectivity index (χ1) is 3.62. The van der Waals surface area contributed by atoms with Crippen molar-refractivity contribution in [3.05, 3.63) is 0 Å². The molecule has 0 aliphatic heterocycles. The Bertz CT molecular complexity index is 70.7. The van der Waals surface area contributed by atoms with Crippen LogP contribution in [0.2, 0.25) is 0 Å². The number of halogens is 2. The van der Waals surface area contributed by atoms with E-state index in [0.29, 0.717) is 13.0 Å². The van der Waals surface area contributed by atoms with Crippen LogP contribution in [0.1, 0.15) is 13.3 Å². The highest BCUT2D eigenvalue weighted by Crippen LogP contribution is 2.03. The molecule has 0 spiro atoms. The van der Waals surface area contributed by atoms with Crippen molar-refractivity contribution in [3.63, 3.8) is 0 Å². The minimum Gasteiger partial charge on any atom is -0.389 e. The van der Waals surface area contributed by atoms with E-state index in [4.69, 9.17) is 16.6 Å². The summed E-state index contributed by atoms with van der Waals surface area (Å²) in [5, 5.41) is 9.12. The molecule has 0 aromatic carbocycles. The monoisotopic (exact) mass is 190 g/mol. The molecule has 0 fully saturated rings. The Balaban J connectivity index is -0.000000245. The fourth-order valence-corrected chi connectivity index (χ4v) is 0.413. The van der Waals surface area contributed by atoms with Gasteiger partial charge < -0.3 is 16.6 Å². The van der Waals surface area contributed by atoms with Crippen LogP contribution in [0.3, 0.4) is 0 Å². The normalized spacial score (nSPS) is 14.4. The Morgan fingerprint density at radius 2 is 1.70 bits per heavy atom. The topological polar surface area (TPSA) is 72.3 Å². The highest BCUT2D eigenvalue weighted by molar-refractivity contribution is 5.85. The van der Waals surface area contributed by atoms with Crippen molar-refractivity contribution >= 4 is 24.8 Å². The summed E-state index contributed by atoms with van der Waals surface area (Å²) in [6.45, 7) is 2.45. The van der Waals surface area contributed by atoms with Crippen molar-refractivity contribution in [2.75, 3.05) is 13.1 Å². The van der Waals surface area contributed by atoms with Gasteiger partial charge in [-0.3, -0.25) is 0 Å². The highest BCUT2D eigenvalue weighted by atomic mass is 35.5. The van der Waals surface area contributed by atoms with Crippen molar-refractivity contribution in [2.24, 2.45) is 11.5 Å². The zero-order chi connectivity index (χ0) is 6.62. The second kappa shape index (κ2) is 7.57. The van der Waals surface area contributed by atoms with Crippen LogP contribution in [0.25, 0.3) is 0 Å². The predicted molar refractivity (Wildman–Crippen MR) is 47.8 cm³/mol. The van der Waals surface area contributed by atoms with Crippen LogP contribution in [0.5, 0.6) is 0 Å². The molecule has 10 heavy (non-hydrogen) atoms. The first-order valence-electron chi connectivity index (χ1n) is 2.75. The summed E-state index contributed by atoms with van der Waals surface area (Å²) in [7, 11) is 0. The lowest BCUT2D eigenvalue weighted by Crippen LogP contribution is -2.36. The lowest BCUT2D eigenvalue weighted by atomic mass is 10.0. The summed E-state index contributed by atoms with van der Waals surface area (Å²) < 4.78 is 0. The minimum atomic E-state index is -0.755. The zero-order valence-electron chi connectivity index (χ0n) is 6.04. The maximum Gasteiger partial charge on any atom is 0.0753 e. The molecule has 0 amide bonds. The van der Waals surface area contributed by atoms with Crippen LogP contribution in [-0.4, -0.2) is 23.8 Å². The Labute approximate surface area is 74.0 Å². The number of hydrogen-bond acceptors (Lipinski definition) is 3. The van der Waals surface area contributed by atoms with Crippen molar-refractivity contribution in [1.29, 1.82) is 0 Å². The first-order valence-corrected chi connectivity index (χ1v) is 2.75. The molecule has 0 aromatic rings. The van der Waals surface area contributed by atoms with E-state index in [1.165, 1.54) is 0 Å². The van der Waals surface area contributed by atoms with Gasteiger partial charge in [0.05, 0.1) is 5.60 Å². The molecule has 0 saturated carbocycles. The van der Waals surface area contributed by atoms with E-state index in [1.807, 2.05) is 0 Å². The third-order valence-corrected chi connectivity index (χ3v) is 1.12. The minimum absolute atomic E-state index is 0. The van der Waals surface area contributed by atoms with Crippen LogP contribution >= 0.6 is 24.8 Å². The van der Waals surface area contributed by atoms with Gasteiger partial charge in [-0.1, -0.05) is 0 Å². The molecule has 0 bridgehead atoms. The van der Waals surface area contributed by atoms with E-state index < -0.39 is 5.60 Å². The molecule has 0 heterocycles. The van der Waals surface area contributed by atoms with Gasteiger partial charge in [-0.15, -0.1) is 24.8 Å². The molecule has 5 N–H and O–H groups in total. The third kappa shape index (κ3) is 8.46. The fraction of sp³-hybridized carbons (Fsp3) is 1.00. The van der Waals surface area contributed by atoms with Gasteiger partial charge in [0.15, 0.2) is 0 Å². The number of aliphatic hydroxyl groups is 1. The standard InChI is InChI=1S/C5H14N2O.2ClH/c1-5(8,4-7)2-3-6;;/h8H,2-4,6-7H2,1H3;2*1H. The summed E-state index contributed by atoms with van der Waals surface area (Å²) in [4.78, 5) is 0. The average Bonchev–Trinajstić information content (AvgIpc) is 1.67. The molecule has 0 rings (SSSR count). The molecule has 1 atom stereocenters. The van der Waals surface area contributed by atoms with Crippen molar-refractivity contribution in [3.8, 4) is 0 Å². The summed E-state index contributed by atoms with van der Waals surface area (Å²) in [5.74, 6) is 0. The van der Waals surface area contributed by atoms with Gasteiger partial charge in [-0.2, -0.15) is 0 Å². The van der Waals surface area contributed by atoms with Gasteiger partial charge in [0.1, 0.15) is 0 Å². The third-order valence-electron chi connectivity index (χ3n) is 1.12. The van der Waals surface area contributed by atoms with Crippen molar-refractivity contribution in [2.45, 2.75) is 18.9 Å². The summed E-state index contributed by atoms with van der Waals surface area (Å²) in [5.41, 5.74) is 9.61. The van der Waals surface area contributed by atoms with Crippen LogP contribution in [-0.2, 0) is 0 Å². The van der Waals surface area contributed by atoms with Gasteiger partial charge in [0.2, 0.25) is 0 Å². The fourth-order valence-electron chi connectivity index (χ4n) is 0.413. The molecule has 0 radical (unpaired) electrons. The molecular weight excluding hydrogens is 175 g/mol. The largest absolute Gasteiger partial charge is 0.389 e. The van der Waals surface area contributed by atoms with Gasteiger partial charge in [-0.05, 0) is 19.9 Å². The summed E-state index contributed by atoms with van der Waals surface area (Å²) in [6.07, 6.45) is 0.573. The molecule has 0 saturated heterocycles. The lowest BCUT2D eigenvalue weighted by molar-refractivity contribution is 0.0626. The Morgan fingerprint density at radius 3 is 1.80 bits per heavy atom. The SMILES string of the molecule is CC(O)(CN)CCN.Cl.Cl. The molecule has 5 heteroatoms. The molecule has 66 valence electrons. The Morgan fingerprint density at radius 1 is 1.30 bits per heavy atom. The molecule has 0 aliphatic carbocycles. The first kappa shape index (κ1) is 16.8. The zero-order valence-corrected chi connectivity index (χ0v) is 7.67. The van der Waals surface area contributed by atoms with Crippen molar-refractivity contribution in [1.82, 2.24) is 0 Å². The van der Waals surface area contributed by atoms with Gasteiger partial charge in [0, 0.05) is 6.54 Å². The number of hydrogen-bond donors (Lipinski definition) is 3. The molecule has 1 unspecified atom stereocenters. The number of rotatable bonds is 3. The quantitative estimate of drug-likeness (QED) is 0.582. The Hall–Kier alpha value is 0.460. The van der Waals surface area contributed by atoms with Crippen LogP contribution in [0.15, 0.2) is 0 Å². The van der Waals surface area contributed by atoms with E-state index in [1.54, 1.807) is 6.92 Å². The maximum atomic E-state index is 9.12. The highest BCUT2D eigenvalue weighted by Gasteiger charge is 2.15. The van der Waals surface area contributed by atoms with Crippen molar-refractivity contribution < 1.29 is 5.11 Å². The van der Waals surface area contributed by atoms with Crippen LogP contribution < -0.4 is 11.5 Å². The van der Waals surface area contributed by atoms with Crippen LogP contribution in [0, 0.1) is 0 Å². The molecular formula is C5H16Cl2N2O. The van der Waals surface area contributed by atoms with E-state index in [2.05, 4.69) is 0 Å². The predicted octanol–water partition coefficient (Wildman–Crippen LogP) is -0.112. The van der Waals surface area contributed by atoms with E-state index >= 15 is 0 Å². The average molecular weight is 191 g/mol. The second-order valence-corrected chi connectivity index (χ2v) is 2.24. The van der Waals surface area contributed by atoms with E-state index in [9.17, 15) is 0 Å². The Kier molecular flexibility index (Phi) is 12.7. The molecule has 3 nitrogen and oxygen atoms in total. The lowest BCUT2D eigenvalue weighted by Gasteiger charge is -2.18. The van der Waals surface area contributed by atoms with Gasteiger partial charge in [0.25, 0.3) is 0 Å².